The van der Waals surface area contributed by atoms with E-state index in [4.69, 9.17) is 3.25 Å². The van der Waals surface area contributed by atoms with E-state index >= 15 is 0 Å². The Bertz CT molecular complexity index is 8.04. The third kappa shape index (κ3) is 3000. The molecule has 0 spiro atoms. The van der Waals surface area contributed by atoms with E-state index in [2.05, 4.69) is 0 Å². The second kappa shape index (κ2) is 4610. The molecule has 0 saturated heterocycles. The number of hydrogen-bond acceptors (Lipinski definition) is 1. The summed E-state index contributed by atoms with van der Waals surface area (Å²) in [5.41, 5.74) is 0. The molecule has 0 saturated carbocycles. The van der Waals surface area contributed by atoms with Crippen molar-refractivity contribution in [2.45, 2.75) is 0 Å². The van der Waals surface area contributed by atoms with Crippen molar-refractivity contribution >= 4 is 0 Å². The van der Waals surface area contributed by atoms with Crippen LogP contribution in [0.15, 0.2) is 0 Å². The minimum atomic E-state index is 0. The number of rotatable bonds is 0. The molecular weight excluding hydrogens is 204 g/mol. The molecule has 0 aliphatic rings. The fourth-order valence-electron chi connectivity index (χ4n) is 0. The van der Waals surface area contributed by atoms with E-state index in [0.717, 1.165) is 0 Å². The van der Waals surface area contributed by atoms with Crippen LogP contribution in [0.4, 0.5) is 23.5 Å². The SMILES string of the molecule is F.F.F.F.F.[O]=[Nb]. The van der Waals surface area contributed by atoms with Crippen molar-refractivity contribution < 1.29 is 47.8 Å². The number of hydrogen-bond donors (Lipinski definition) is 0. The van der Waals surface area contributed by atoms with Crippen LogP contribution >= 0.6 is 0 Å². The Labute approximate surface area is 48.6 Å². The fraction of sp³-hybridized carbons (Fsp3) is 0. The third-order valence-corrected chi connectivity index (χ3v) is 0. The summed E-state index contributed by atoms with van der Waals surface area (Å²) >= 11 is 0.500. The zero-order valence-electron chi connectivity index (χ0n) is 2.90. The molecule has 1 nitrogen and oxygen atoms in total. The maximum absolute atomic E-state index is 8.30. The first-order valence-electron chi connectivity index (χ1n) is 0.183. The molecule has 0 aliphatic carbocycles. The van der Waals surface area contributed by atoms with Crippen LogP contribution < -0.4 is 0 Å². The Kier molecular flexibility index (Phi) is 128000. The number of halogens is 5. The second-order valence-electron chi connectivity index (χ2n) is 0. The van der Waals surface area contributed by atoms with Crippen LogP contribution in [0.1, 0.15) is 0 Å². The van der Waals surface area contributed by atoms with Gasteiger partial charge in [-0.2, -0.15) is 0 Å². The second-order valence-corrected chi connectivity index (χ2v) is 0. The topological polar surface area (TPSA) is 17.1 Å². The summed E-state index contributed by atoms with van der Waals surface area (Å²) in [5.74, 6) is 0. The molecule has 0 fully saturated rings. The summed E-state index contributed by atoms with van der Waals surface area (Å²) in [5, 5.41) is 0. The van der Waals surface area contributed by atoms with Gasteiger partial charge in [-0.3, -0.25) is 23.5 Å². The van der Waals surface area contributed by atoms with Gasteiger partial charge in [0.1, 0.15) is 0 Å². The standard InChI is InChI=1S/5FH.Nb.O/h5*1H;;. The molecule has 0 N–H and O–H groups in total. The molecule has 0 atom stereocenters. The zero-order valence-corrected chi connectivity index (χ0v) is 5.10. The van der Waals surface area contributed by atoms with Crippen molar-refractivity contribution in [2.24, 2.45) is 0 Å². The summed E-state index contributed by atoms with van der Waals surface area (Å²) in [6.45, 7) is 0. The van der Waals surface area contributed by atoms with Gasteiger partial charge in [0.25, 0.3) is 0 Å². The Morgan fingerprint density at radius 2 is 0.571 bits per heavy atom. The first-order chi connectivity index (χ1) is 1.00. The van der Waals surface area contributed by atoms with Crippen molar-refractivity contribution in [3.8, 4) is 0 Å². The molecule has 0 bridgehead atoms. The minimum absolute atomic E-state index is 0. The molecule has 0 radical (unpaired) electrons. The van der Waals surface area contributed by atoms with Gasteiger partial charge in [-0.15, -0.1) is 0 Å². The quantitative estimate of drug-likeness (QED) is 0.422. The molecule has 7 heteroatoms. The molecule has 7 heavy (non-hydrogen) atoms. The molecule has 51 valence electrons. The Hall–Kier alpha value is 0.190. The summed E-state index contributed by atoms with van der Waals surface area (Å²) in [6.07, 6.45) is 0. The normalized spacial score (nSPS) is 0.429. The molecule has 0 aromatic carbocycles. The summed E-state index contributed by atoms with van der Waals surface area (Å²) in [4.78, 5) is 0. The van der Waals surface area contributed by atoms with Gasteiger partial charge >= 0.3 is 24.3 Å². The fourth-order valence-corrected chi connectivity index (χ4v) is 0. The van der Waals surface area contributed by atoms with E-state index in [1.165, 1.54) is 0 Å². The van der Waals surface area contributed by atoms with Crippen molar-refractivity contribution in [3.63, 3.8) is 0 Å². The van der Waals surface area contributed by atoms with Crippen molar-refractivity contribution in [1.29, 1.82) is 0 Å². The van der Waals surface area contributed by atoms with E-state index < -0.39 is 0 Å². The molecule has 0 amide bonds. The first-order valence-corrected chi connectivity index (χ1v) is 1.08. The van der Waals surface area contributed by atoms with Crippen LogP contribution in [-0.2, 0) is 24.3 Å². The average Bonchev–Trinajstić information content (AvgIpc) is 1.00. The summed E-state index contributed by atoms with van der Waals surface area (Å²) in [6, 6.07) is 0. The van der Waals surface area contributed by atoms with Gasteiger partial charge < -0.3 is 0 Å². The van der Waals surface area contributed by atoms with E-state index in [1.54, 1.807) is 0 Å². The van der Waals surface area contributed by atoms with Crippen LogP contribution in [-0.4, -0.2) is 0 Å². The van der Waals surface area contributed by atoms with Gasteiger partial charge in [0.05, 0.1) is 0 Å². The van der Waals surface area contributed by atoms with Gasteiger partial charge in [-0.1, -0.05) is 0 Å². The van der Waals surface area contributed by atoms with Crippen LogP contribution in [0.3, 0.4) is 0 Å². The molecule has 0 aromatic rings. The molecular formula is H5F5NbO. The van der Waals surface area contributed by atoms with E-state index in [-0.39, 0.29) is 23.5 Å². The van der Waals surface area contributed by atoms with Gasteiger partial charge in [-0.05, 0) is 0 Å². The van der Waals surface area contributed by atoms with E-state index in [9.17, 15) is 0 Å². The van der Waals surface area contributed by atoms with Crippen molar-refractivity contribution in [1.82, 2.24) is 0 Å². The monoisotopic (exact) mass is 209 g/mol. The summed E-state index contributed by atoms with van der Waals surface area (Å²) in [7, 11) is 0. The Morgan fingerprint density at radius 1 is 0.571 bits per heavy atom. The van der Waals surface area contributed by atoms with Crippen molar-refractivity contribution in [2.75, 3.05) is 0 Å². The molecule has 0 heterocycles. The summed E-state index contributed by atoms with van der Waals surface area (Å²) < 4.78 is 8.30. The maximum atomic E-state index is 8.30. The molecule has 0 rings (SSSR count). The van der Waals surface area contributed by atoms with Gasteiger partial charge in [0, 0.05) is 0 Å². The van der Waals surface area contributed by atoms with Gasteiger partial charge in [0.2, 0.25) is 0 Å². The molecule has 0 unspecified atom stereocenters. The van der Waals surface area contributed by atoms with E-state index in [0.29, 0.717) is 21.0 Å². The van der Waals surface area contributed by atoms with Gasteiger partial charge in [0.15, 0.2) is 0 Å². The van der Waals surface area contributed by atoms with Crippen LogP contribution in [0, 0.1) is 0 Å². The predicted octanol–water partition coefficient (Wildman–Crippen LogP) is 0.641. The molecule has 0 aromatic heterocycles. The van der Waals surface area contributed by atoms with Crippen LogP contribution in [0.2, 0.25) is 0 Å². The average molecular weight is 209 g/mol. The Balaban J connectivity index is -0.000000000500. The van der Waals surface area contributed by atoms with Crippen molar-refractivity contribution in [3.05, 3.63) is 0 Å². The van der Waals surface area contributed by atoms with E-state index in [1.807, 2.05) is 0 Å². The third-order valence-electron chi connectivity index (χ3n) is 0. The van der Waals surface area contributed by atoms with Crippen LogP contribution in [0.5, 0.6) is 0 Å². The zero-order chi connectivity index (χ0) is 2.00. The molecule has 0 aliphatic heterocycles. The van der Waals surface area contributed by atoms with Gasteiger partial charge in [-0.25, -0.2) is 0 Å². The predicted molar refractivity (Wildman–Crippen MR) is 13.2 cm³/mol. The Morgan fingerprint density at radius 3 is 0.571 bits per heavy atom. The van der Waals surface area contributed by atoms with Crippen LogP contribution in [0.25, 0.3) is 0 Å². The first kappa shape index (κ1) is 194.